The van der Waals surface area contributed by atoms with Gasteiger partial charge in [-0.2, -0.15) is 0 Å². The number of benzene rings is 6. The van der Waals surface area contributed by atoms with Crippen LogP contribution in [0.5, 0.6) is 0 Å². The molecule has 551 valence electrons. The minimum Gasteiger partial charge on any atom is -1.00 e. The fourth-order valence-corrected chi connectivity index (χ4v) is 12.2. The number of aldehydes is 2. The van der Waals surface area contributed by atoms with E-state index in [1.807, 2.05) is 136 Å². The van der Waals surface area contributed by atoms with E-state index in [2.05, 4.69) is 50.9 Å². The van der Waals surface area contributed by atoms with Crippen molar-refractivity contribution in [3.05, 3.63) is 270 Å². The summed E-state index contributed by atoms with van der Waals surface area (Å²) >= 11 is 18.4. The van der Waals surface area contributed by atoms with Crippen LogP contribution < -0.4 is 169 Å². The van der Waals surface area contributed by atoms with Crippen molar-refractivity contribution in [3.8, 4) is 0 Å². The summed E-state index contributed by atoms with van der Waals surface area (Å²) in [7, 11) is 0. The van der Waals surface area contributed by atoms with Gasteiger partial charge in [-0.25, -0.2) is 19.3 Å². The van der Waals surface area contributed by atoms with Gasteiger partial charge < -0.3 is 54.3 Å². The molecule has 3 aliphatic rings. The minimum atomic E-state index is -1.00. The van der Waals surface area contributed by atoms with Gasteiger partial charge in [0.25, 0.3) is 6.47 Å². The van der Waals surface area contributed by atoms with E-state index in [1.54, 1.807) is 48.9 Å². The number of anilines is 5. The van der Waals surface area contributed by atoms with Crippen LogP contribution in [0.25, 0.3) is 0 Å². The first-order chi connectivity index (χ1) is 50.1. The number of hydrogen-bond donors (Lipinski definition) is 6. The number of nitrogens with zero attached hydrogens (tertiary/aromatic N) is 5. The number of aryl methyl sites for hydroxylation is 3. The maximum absolute atomic E-state index is 13.2. The number of aromatic nitrogens is 3. The zero-order valence-corrected chi connectivity index (χ0v) is 72.3. The topological polar surface area (TPSA) is 268 Å². The van der Waals surface area contributed by atoms with Gasteiger partial charge in [0.15, 0.2) is 29.9 Å². The van der Waals surface area contributed by atoms with E-state index < -0.39 is 13.0 Å². The van der Waals surface area contributed by atoms with Gasteiger partial charge in [0.2, 0.25) is 0 Å². The molecule has 9 aromatic rings. The molecule has 3 aromatic heterocycles. The van der Waals surface area contributed by atoms with Crippen molar-refractivity contribution in [2.45, 2.75) is 84.0 Å². The summed E-state index contributed by atoms with van der Waals surface area (Å²) in [4.78, 5) is 89.5. The van der Waals surface area contributed by atoms with E-state index in [0.29, 0.717) is 72.4 Å². The number of aliphatic hydroxyl groups excluding tert-OH is 2. The zero-order chi connectivity index (χ0) is 74.6. The fraction of sp³-hybridized carbons (Fsp3) is 0.269. The number of ketones is 3. The predicted molar refractivity (Wildman–Crippen MR) is 412 cm³/mol. The number of pyridine rings is 3. The van der Waals surface area contributed by atoms with Gasteiger partial charge in [-0.1, -0.05) is 128 Å². The molecule has 3 fully saturated rings. The number of aliphatic hydroxyl groups is 2. The molecule has 6 heterocycles. The molecular formula is C78H86BCl4F2K2N9NaO10. The number of nitrogens with one attached hydrogen (secondary N) is 4. The van der Waals surface area contributed by atoms with Crippen molar-refractivity contribution in [2.24, 2.45) is 0 Å². The Hall–Kier alpha value is -5.21. The third-order valence-corrected chi connectivity index (χ3v) is 17.6. The first-order valence-corrected chi connectivity index (χ1v) is 34.0. The normalized spacial score (nSPS) is 14.0. The molecule has 107 heavy (non-hydrogen) atoms. The Balaban J connectivity index is 0. The average Bonchev–Trinajstić information content (AvgIpc) is 1.38. The summed E-state index contributed by atoms with van der Waals surface area (Å²) in [5, 5.41) is 40.7. The van der Waals surface area contributed by atoms with Crippen LogP contribution in [0.15, 0.2) is 182 Å². The molecule has 12 rings (SSSR count). The second-order valence-corrected chi connectivity index (χ2v) is 24.2. The fourth-order valence-electron chi connectivity index (χ4n) is 11.7. The van der Waals surface area contributed by atoms with Crippen molar-refractivity contribution in [1.82, 2.24) is 20.3 Å². The van der Waals surface area contributed by atoms with Crippen molar-refractivity contribution in [3.63, 3.8) is 0 Å². The number of rotatable bonds is 21. The molecule has 0 spiro atoms. The van der Waals surface area contributed by atoms with Gasteiger partial charge in [-0.15, -0.1) is 12.4 Å². The van der Waals surface area contributed by atoms with Crippen molar-refractivity contribution >= 4 is 121 Å². The quantitative estimate of drug-likeness (QED) is 0.0189. The van der Waals surface area contributed by atoms with E-state index in [4.69, 9.17) is 51.3 Å². The minimum absolute atomic E-state index is 0. The summed E-state index contributed by atoms with van der Waals surface area (Å²) in [5.41, 5.74) is 9.41. The Labute approximate surface area is 759 Å². The molecule has 19 nitrogen and oxygen atoms in total. The summed E-state index contributed by atoms with van der Waals surface area (Å²) in [6, 6.07) is 49.2. The average molecular weight is 1600 g/mol. The third kappa shape index (κ3) is 29.8. The van der Waals surface area contributed by atoms with E-state index in [0.717, 1.165) is 142 Å². The number of halogens is 6. The summed E-state index contributed by atoms with van der Waals surface area (Å²) in [6.07, 6.45) is 11.7. The Morgan fingerprint density at radius 3 is 1.32 bits per heavy atom. The second-order valence-electron chi connectivity index (χ2n) is 22.9. The molecule has 0 amide bonds. The Morgan fingerprint density at radius 1 is 0.589 bits per heavy atom. The van der Waals surface area contributed by atoms with Crippen molar-refractivity contribution < 1.29 is 194 Å². The molecule has 6 N–H and O–H groups in total. The standard InChI is InChI=1S/C25H26ClN3O2.C25H24ClN3O2.C16H13FO2.C9H12ClN3.CH3F.CH2O3.CH4O.B.ClH.2K.Na.2H/c2*1-2-17-6-3-4-7-21(17)24(31)18-9-10-23(19(14-18)16-30)29-13-11-20(15-29)28-25-22(26)8-5-12-27-25;1-2-11-5-3-4-6-14(11)16(19)12-7-8-15(17)13(9-12)10-18;10-8-2-1-4-12-9(8)13-7-3-5-11-6-7;1-2;2-1-4-3;1-2;;;;;;;/h3-10,12,14,20,30H,2,11,13,15-16H2,1H3,(H,27,28);3-10,12,14,16,20H,2,11,13,15H2,1H3,(H,27,28);3-10H,2H2,1H3;1-2,4,7,11H,3,5-6H2,(H,12,13);1H3;1,3H;2H,1H3;;1H;;;;;/q;;;;;;;;;3*+1;2*-1/p-1/t2*20-;;7-;;;;;;;;;;/m00.0........../s1/i;;;;1D;;;;;;;;;. The first-order valence-electron chi connectivity index (χ1n) is 33.6. The van der Waals surface area contributed by atoms with Crippen LogP contribution in [0, 0.1) is 5.82 Å². The Kier molecular flexibility index (Phi) is 49.8. The molecule has 3 atom stereocenters. The largest absolute Gasteiger partial charge is 1.00 e. The molecular weight excluding hydrogens is 1510 g/mol. The van der Waals surface area contributed by atoms with Crippen LogP contribution in [0.3, 0.4) is 0 Å². The number of carbonyl (C=O) groups excluding carboxylic acids is 6. The number of hydrogen-bond acceptors (Lipinski definition) is 19. The second kappa shape index (κ2) is 54.4. The van der Waals surface area contributed by atoms with Gasteiger partial charge in [0.1, 0.15) is 23.3 Å². The van der Waals surface area contributed by atoms with Crippen LogP contribution >= 0.6 is 47.2 Å². The molecule has 3 aliphatic heterocycles. The monoisotopic (exact) mass is 1600 g/mol. The van der Waals surface area contributed by atoms with Crippen LogP contribution in [0.2, 0.25) is 15.1 Å². The van der Waals surface area contributed by atoms with E-state index in [9.17, 15) is 37.9 Å². The van der Waals surface area contributed by atoms with Crippen LogP contribution in [-0.4, -0.2) is 142 Å². The van der Waals surface area contributed by atoms with Crippen molar-refractivity contribution in [2.75, 3.05) is 79.3 Å². The summed E-state index contributed by atoms with van der Waals surface area (Å²) in [6.45, 7) is 10.9. The van der Waals surface area contributed by atoms with Gasteiger partial charge >= 0.3 is 132 Å². The van der Waals surface area contributed by atoms with Gasteiger partial charge in [0.05, 0.1) is 35.8 Å². The van der Waals surface area contributed by atoms with Gasteiger partial charge in [0, 0.05) is 141 Å². The molecule has 29 heteroatoms. The Bertz CT molecular complexity index is 4280. The number of alkyl halides is 1. The molecule has 0 unspecified atom stereocenters. The van der Waals surface area contributed by atoms with E-state index in [-0.39, 0.29) is 204 Å². The van der Waals surface area contributed by atoms with Crippen LogP contribution in [-0.2, 0) is 35.6 Å². The smallest absolute Gasteiger partial charge is 1.00 e. The zero-order valence-electron chi connectivity index (χ0n) is 64.0. The summed E-state index contributed by atoms with van der Waals surface area (Å²) in [5.74, 6) is 1.27. The maximum Gasteiger partial charge on any atom is 1.00 e. The summed E-state index contributed by atoms with van der Waals surface area (Å²) < 4.78 is 28.7. The number of carbonyl (C=O) groups is 6. The Morgan fingerprint density at radius 2 is 0.953 bits per heavy atom. The van der Waals surface area contributed by atoms with Gasteiger partial charge in [-0.05, 0) is 153 Å². The van der Waals surface area contributed by atoms with Crippen LogP contribution in [0.4, 0.5) is 37.6 Å². The SMILES string of the molecule is CCc1ccccc1C(=O)c1ccc(F)c(C=O)c1.CCc1ccccc1C(=O)c1ccc(N2CC[C@H](Nc3ncccc3Cl)C2)c(C=O)c1.CCc1ccccc1C(=O)c1ccc(N2CC[C@H](Nc3ncccc3Cl)C2)c(CO)c1.CO.Cl.Clc1cccnc1N[C@H]1CCNC1.O=CO[O-].[2H]CF.[B].[H-].[H-].[K+].[K+].[Na+]. The van der Waals surface area contributed by atoms with Crippen LogP contribution in [0.1, 0.15) is 135 Å². The molecule has 0 aliphatic carbocycles. The molecule has 0 bridgehead atoms. The predicted octanol–water partition coefficient (Wildman–Crippen LogP) is 4.59. The first kappa shape index (κ1) is 97.9. The van der Waals surface area contributed by atoms with Crippen molar-refractivity contribution in [1.29, 1.82) is 0 Å². The van der Waals surface area contributed by atoms with E-state index in [1.165, 1.54) is 12.1 Å². The molecule has 6 aromatic carbocycles. The van der Waals surface area contributed by atoms with Gasteiger partial charge in [-0.3, -0.25) is 33.2 Å². The third-order valence-electron chi connectivity index (χ3n) is 16.7. The molecule has 0 saturated carbocycles. The molecule has 3 saturated heterocycles. The maximum atomic E-state index is 13.2. The molecule has 3 radical (unpaired) electrons. The van der Waals surface area contributed by atoms with E-state index >= 15 is 0 Å².